The number of ether oxygens (including phenoxy) is 2. The van der Waals surface area contributed by atoms with E-state index in [0.29, 0.717) is 27.9 Å². The van der Waals surface area contributed by atoms with Crippen molar-refractivity contribution in [3.63, 3.8) is 0 Å². The predicted molar refractivity (Wildman–Crippen MR) is 136 cm³/mol. The van der Waals surface area contributed by atoms with Gasteiger partial charge in [0.25, 0.3) is 5.91 Å². The smallest absolute Gasteiger partial charge is 0.250 e. The average Bonchev–Trinajstić information content (AvgIpc) is 3.27. The Morgan fingerprint density at radius 1 is 1.23 bits per heavy atom. The van der Waals surface area contributed by atoms with E-state index in [1.165, 1.54) is 6.21 Å². The van der Waals surface area contributed by atoms with Gasteiger partial charge in [-0.25, -0.2) is 4.98 Å². The van der Waals surface area contributed by atoms with Crippen LogP contribution in [0.25, 0.3) is 28.8 Å². The van der Waals surface area contributed by atoms with Crippen LogP contribution < -0.4 is 21.6 Å². The Morgan fingerprint density at radius 2 is 1.97 bits per heavy atom. The molecule has 186 valence electrons. The number of fused-ring (bicyclic) bond motifs is 3. The van der Waals surface area contributed by atoms with Crippen molar-refractivity contribution in [1.29, 1.82) is 5.41 Å². The van der Waals surface area contributed by atoms with E-state index in [9.17, 15) is 4.79 Å². The van der Waals surface area contributed by atoms with Crippen molar-refractivity contribution in [1.82, 2.24) is 25.1 Å². The highest BCUT2D eigenvalue weighted by Crippen LogP contribution is 2.19. The van der Waals surface area contributed by atoms with Crippen molar-refractivity contribution in [3.8, 4) is 0 Å². The quantitative estimate of drug-likeness (QED) is 0.289. The monoisotopic (exact) mass is 479 g/mol. The van der Waals surface area contributed by atoms with Gasteiger partial charge in [-0.05, 0) is 18.6 Å². The predicted octanol–water partition coefficient (Wildman–Crippen LogP) is -0.760. The third kappa shape index (κ3) is 5.15. The molecule has 2 aliphatic heterocycles. The van der Waals surface area contributed by atoms with Gasteiger partial charge < -0.3 is 30.9 Å². The summed E-state index contributed by atoms with van der Waals surface area (Å²) in [6, 6.07) is 1.95. The number of rotatable bonds is 8. The second-order valence-electron chi connectivity index (χ2n) is 9.07. The lowest BCUT2D eigenvalue weighted by Gasteiger charge is -2.32. The molecule has 10 heteroatoms. The number of nitrogens with two attached hydrogens (primary N) is 1. The first kappa shape index (κ1) is 23.7. The number of pyridine rings is 1. The number of nitrogens with zero attached hydrogens (tertiary/aromatic N) is 3. The van der Waals surface area contributed by atoms with Crippen LogP contribution in [0, 0.1) is 5.41 Å². The summed E-state index contributed by atoms with van der Waals surface area (Å²) in [5, 5.41) is 13.2. The van der Waals surface area contributed by atoms with E-state index in [0.717, 1.165) is 82.7 Å². The van der Waals surface area contributed by atoms with Crippen molar-refractivity contribution in [3.05, 3.63) is 34.1 Å². The van der Waals surface area contributed by atoms with E-state index in [2.05, 4.69) is 32.3 Å². The van der Waals surface area contributed by atoms with Gasteiger partial charge >= 0.3 is 0 Å². The Bertz CT molecular complexity index is 1240. The van der Waals surface area contributed by atoms with Crippen molar-refractivity contribution in [2.45, 2.75) is 12.5 Å². The van der Waals surface area contributed by atoms with Gasteiger partial charge in [-0.15, -0.1) is 0 Å². The summed E-state index contributed by atoms with van der Waals surface area (Å²) < 4.78 is 10.9. The summed E-state index contributed by atoms with van der Waals surface area (Å²) in [6.45, 7) is 8.35. The van der Waals surface area contributed by atoms with Gasteiger partial charge in [0.05, 0.1) is 48.7 Å². The van der Waals surface area contributed by atoms with Crippen LogP contribution in [0.15, 0.2) is 12.3 Å². The van der Waals surface area contributed by atoms with Crippen LogP contribution in [0.5, 0.6) is 0 Å². The fourth-order valence-corrected chi connectivity index (χ4v) is 4.96. The molecule has 5 N–H and O–H groups in total. The molecule has 2 saturated heterocycles. The van der Waals surface area contributed by atoms with Gasteiger partial charge in [-0.2, -0.15) is 0 Å². The second kappa shape index (κ2) is 10.7. The van der Waals surface area contributed by atoms with E-state index in [4.69, 9.17) is 25.6 Å². The summed E-state index contributed by atoms with van der Waals surface area (Å²) in [5.74, 6) is -0.522. The van der Waals surface area contributed by atoms with Gasteiger partial charge in [-0.1, -0.05) is 6.08 Å². The van der Waals surface area contributed by atoms with Crippen LogP contribution in [0.2, 0.25) is 0 Å². The molecule has 1 atom stereocenters. The molecule has 0 saturated carbocycles. The van der Waals surface area contributed by atoms with E-state index in [-0.39, 0.29) is 6.04 Å². The van der Waals surface area contributed by atoms with Crippen molar-refractivity contribution in [2.75, 3.05) is 65.7 Å². The number of allylic oxidation sites excluding steroid dienone is 1. The summed E-state index contributed by atoms with van der Waals surface area (Å²) in [7, 11) is 0. The van der Waals surface area contributed by atoms with Gasteiger partial charge in [0.15, 0.2) is 0 Å². The number of carbonyl (C=O) groups excluding carboxylic acids is 1. The van der Waals surface area contributed by atoms with E-state index >= 15 is 0 Å². The molecule has 35 heavy (non-hydrogen) atoms. The molecule has 0 spiro atoms. The van der Waals surface area contributed by atoms with E-state index in [1.807, 2.05) is 0 Å². The largest absolute Gasteiger partial charge is 0.389 e. The highest BCUT2D eigenvalue weighted by molar-refractivity contribution is 6.10. The normalized spacial score (nSPS) is 21.7. The number of morpholine rings is 2. The molecule has 1 amide bonds. The number of amides is 1. The molecular weight excluding hydrogens is 446 g/mol. The number of carbonyl (C=O) groups is 1. The molecule has 2 aromatic rings. The maximum Gasteiger partial charge on any atom is 0.250 e. The number of primary amides is 1. The van der Waals surface area contributed by atoms with Crippen LogP contribution >= 0.6 is 0 Å². The molecule has 1 unspecified atom stereocenters. The molecule has 2 aromatic heterocycles. The number of nitrogens with one attached hydrogen (secondary N) is 3. The molecule has 0 bridgehead atoms. The van der Waals surface area contributed by atoms with Gasteiger partial charge in [-0.3, -0.25) is 14.6 Å². The minimum atomic E-state index is -0.522. The highest BCUT2D eigenvalue weighted by Gasteiger charge is 2.22. The molecular formula is C25H33N7O3. The Balaban J connectivity index is 1.43. The maximum absolute atomic E-state index is 12.4. The number of H-pyrrole nitrogens is 1. The van der Waals surface area contributed by atoms with Gasteiger partial charge in [0.2, 0.25) is 0 Å². The fourth-order valence-electron chi connectivity index (χ4n) is 4.96. The van der Waals surface area contributed by atoms with Crippen LogP contribution in [-0.2, 0) is 9.47 Å². The summed E-state index contributed by atoms with van der Waals surface area (Å²) in [6.07, 6.45) is 8.31. The lowest BCUT2D eigenvalue weighted by Crippen LogP contribution is -2.45. The van der Waals surface area contributed by atoms with E-state index in [1.54, 1.807) is 12.3 Å². The molecule has 2 fully saturated rings. The van der Waals surface area contributed by atoms with Gasteiger partial charge in [0, 0.05) is 73.9 Å². The standard InChI is InChI=1S/C25H33N7O3/c26-15-17(16-28-3-4-31-5-9-34-10-6-31)21-14-20(25(27)33)24-23(29-21)19-2-1-18(13-22(19)30-24)32-7-11-35-12-8-32/h2,13-16,18,26,28,30H,1,3-12H2,(H2,27,33)/b17-16+,26-15?. The molecule has 10 nitrogen and oxygen atoms in total. The van der Waals surface area contributed by atoms with Crippen LogP contribution in [0.1, 0.15) is 22.5 Å². The van der Waals surface area contributed by atoms with Crippen LogP contribution in [-0.4, -0.2) is 104 Å². The summed E-state index contributed by atoms with van der Waals surface area (Å²) in [4.78, 5) is 25.4. The topological polar surface area (TPSA) is 133 Å². The first-order valence-electron chi connectivity index (χ1n) is 12.2. The molecule has 1 aliphatic carbocycles. The Hall–Kier alpha value is -3.05. The first-order valence-corrected chi connectivity index (χ1v) is 12.2. The lowest BCUT2D eigenvalue weighted by atomic mass is 10.0. The molecule has 3 aliphatic rings. The number of aromatic amines is 1. The zero-order chi connectivity index (χ0) is 24.2. The highest BCUT2D eigenvalue weighted by atomic mass is 16.5. The van der Waals surface area contributed by atoms with Crippen molar-refractivity contribution >= 4 is 40.9 Å². The molecule has 0 radical (unpaired) electrons. The minimum Gasteiger partial charge on any atom is -0.389 e. The summed E-state index contributed by atoms with van der Waals surface area (Å²) >= 11 is 0. The Labute approximate surface area is 204 Å². The Kier molecular flexibility index (Phi) is 7.24. The third-order valence-electron chi connectivity index (χ3n) is 6.91. The summed E-state index contributed by atoms with van der Waals surface area (Å²) in [5.41, 5.74) is 8.64. The Morgan fingerprint density at radius 3 is 2.69 bits per heavy atom. The van der Waals surface area contributed by atoms with Crippen molar-refractivity contribution in [2.24, 2.45) is 5.73 Å². The molecule has 5 rings (SSSR count). The second-order valence-corrected chi connectivity index (χ2v) is 9.07. The zero-order valence-electron chi connectivity index (χ0n) is 19.9. The minimum absolute atomic E-state index is 0.281. The molecule has 0 aromatic carbocycles. The zero-order valence-corrected chi connectivity index (χ0v) is 19.9. The van der Waals surface area contributed by atoms with Gasteiger partial charge in [0.1, 0.15) is 0 Å². The van der Waals surface area contributed by atoms with Crippen molar-refractivity contribution < 1.29 is 14.3 Å². The van der Waals surface area contributed by atoms with E-state index < -0.39 is 5.91 Å². The maximum atomic E-state index is 12.4. The molecule has 4 heterocycles. The lowest BCUT2D eigenvalue weighted by molar-refractivity contribution is 0.0290. The SMILES string of the molecule is N=C/C(=C\NCCN1CCOCC1)c1cc(C(N)=O)c2[nH]c3c(c2n1)=CCC(N1CCOCC1)C=3. The first-order chi connectivity index (χ1) is 17.1. The van der Waals surface area contributed by atoms with Crippen LogP contribution in [0.3, 0.4) is 0 Å². The fraction of sp³-hybridized carbons (Fsp3) is 0.480. The van der Waals surface area contributed by atoms with Crippen LogP contribution in [0.4, 0.5) is 0 Å². The third-order valence-corrected chi connectivity index (χ3v) is 6.91. The number of hydrogen-bond donors (Lipinski definition) is 4. The average molecular weight is 480 g/mol. The number of hydrogen-bond acceptors (Lipinski definition) is 8. The number of aromatic nitrogens is 2.